The van der Waals surface area contributed by atoms with Crippen LogP contribution in [0.1, 0.15) is 219 Å². The third-order valence-corrected chi connectivity index (χ3v) is 14.0. The third kappa shape index (κ3) is 27.8. The normalized spacial score (nSPS) is 16.8. The molecule has 0 saturated carbocycles. The Hall–Kier alpha value is -5.43. The van der Waals surface area contributed by atoms with Crippen LogP contribution >= 0.6 is 0 Å². The van der Waals surface area contributed by atoms with Crippen molar-refractivity contribution in [3.63, 3.8) is 0 Å². The van der Waals surface area contributed by atoms with Gasteiger partial charge in [-0.05, 0) is 139 Å². The molecule has 0 aliphatic carbocycles. The summed E-state index contributed by atoms with van der Waals surface area (Å²) in [5.41, 5.74) is -1.37. The van der Waals surface area contributed by atoms with Crippen molar-refractivity contribution in [3.8, 4) is 5.75 Å². The molecule has 0 spiro atoms. The molecule has 82 heavy (non-hydrogen) atoms. The Morgan fingerprint density at radius 1 is 0.598 bits per heavy atom. The molecule has 0 aromatic heterocycles. The van der Waals surface area contributed by atoms with Crippen molar-refractivity contribution in [3.05, 3.63) is 29.8 Å². The molecular weight excluding hydrogens is 1050 g/mol. The van der Waals surface area contributed by atoms with Gasteiger partial charge in [-0.1, -0.05) is 97.1 Å². The molecule has 7 amide bonds. The molecule has 19 nitrogen and oxygen atoms in total. The number of Topliss-reactive ketones (excluding diaryl/α,β-unsaturated/α-hetero) is 2. The lowest BCUT2D eigenvalue weighted by Gasteiger charge is -2.36. The Morgan fingerprint density at radius 2 is 1.12 bits per heavy atom. The van der Waals surface area contributed by atoms with E-state index in [1.807, 2.05) is 55.4 Å². The van der Waals surface area contributed by atoms with Crippen LogP contribution in [0.3, 0.4) is 0 Å². The highest BCUT2D eigenvalue weighted by Crippen LogP contribution is 2.26. The predicted molar refractivity (Wildman–Crippen MR) is 320 cm³/mol. The van der Waals surface area contributed by atoms with E-state index in [0.717, 1.165) is 25.7 Å². The van der Waals surface area contributed by atoms with Gasteiger partial charge < -0.3 is 51.0 Å². The van der Waals surface area contributed by atoms with Crippen LogP contribution in [0.5, 0.6) is 5.75 Å². The Kier molecular flexibility index (Phi) is 31.0. The largest absolute Gasteiger partial charge is 0.488 e. The maximum atomic E-state index is 14.9. The maximum Gasteiger partial charge on any atom is 0.289 e. The highest BCUT2D eigenvalue weighted by molar-refractivity contribution is 6.38. The number of nitrogens with zero attached hydrogens (tertiary/aromatic N) is 1. The quantitative estimate of drug-likeness (QED) is 0.0277. The molecule has 6 N–H and O–H groups in total. The van der Waals surface area contributed by atoms with E-state index in [4.69, 9.17) is 14.2 Å². The lowest BCUT2D eigenvalue weighted by molar-refractivity contribution is -0.150. The number of carbonyl (C=O) groups excluding carboxylic acids is 9. The molecule has 1 aromatic rings. The Balaban J connectivity index is 2.36. The first kappa shape index (κ1) is 72.7. The second-order valence-electron chi connectivity index (χ2n) is 25.9. The van der Waals surface area contributed by atoms with Crippen molar-refractivity contribution in [1.29, 1.82) is 0 Å². The molecule has 2 rings (SSSR count). The molecule has 466 valence electrons. The average Bonchev–Trinajstić information content (AvgIpc) is 3.98. The molecule has 1 aromatic carbocycles. The highest BCUT2D eigenvalue weighted by atomic mass is 16.5. The number of hydrogen-bond acceptors (Lipinski definition) is 12. The molecule has 1 aliphatic rings. The van der Waals surface area contributed by atoms with Gasteiger partial charge in [0.25, 0.3) is 5.91 Å². The van der Waals surface area contributed by atoms with Crippen molar-refractivity contribution >= 4 is 52.9 Å². The molecule has 1 aliphatic heterocycles. The van der Waals surface area contributed by atoms with E-state index >= 15 is 0 Å². The van der Waals surface area contributed by atoms with Gasteiger partial charge in [-0.25, -0.2) is 0 Å². The van der Waals surface area contributed by atoms with Gasteiger partial charge in [0.15, 0.2) is 0 Å². The summed E-state index contributed by atoms with van der Waals surface area (Å²) in [7, 11) is 1.29. The van der Waals surface area contributed by atoms with Crippen LogP contribution in [0, 0.1) is 11.8 Å². The number of nitrogens with one attached hydrogen (secondary N) is 6. The van der Waals surface area contributed by atoms with E-state index in [-0.39, 0.29) is 37.5 Å². The van der Waals surface area contributed by atoms with Crippen LogP contribution in [0.4, 0.5) is 0 Å². The van der Waals surface area contributed by atoms with Gasteiger partial charge in [-0.3, -0.25) is 43.2 Å². The number of carbonyl (C=O) groups is 9. The van der Waals surface area contributed by atoms with Gasteiger partial charge in [-0.2, -0.15) is 0 Å². The van der Waals surface area contributed by atoms with Crippen LogP contribution in [0.25, 0.3) is 0 Å². The van der Waals surface area contributed by atoms with E-state index in [1.54, 1.807) is 58.9 Å². The summed E-state index contributed by atoms with van der Waals surface area (Å²) in [4.78, 5) is 126. The standard InChI is InChI=1S/C63H107N7O12/c1-18-19-20-21-22-23-24-25-26-27-28-30-47(71)39-46(37-40(2)3)55(74)69-52(44(7)81-62(11,12)13)60(79)70-36-29-31-50(70)57(76)68-51(43(6)80-61(8,9)10)58(77)66-42(5)54(73)67-49(56(75)65-41(4)53(72)59(78)64-17)38-45-32-34-48(35-33-45)82-63(14,15)16/h32-35,40-44,46,49-52H,18-31,36-39H2,1-17H3,(H,64,78)(H,65,75)(H,66,77)(H,67,73)(H,68,76)(H,69,74)/t41?,42-,43?,44?,46+,49-,50+,51-,52-/m0/s1. The van der Waals surface area contributed by atoms with Crippen LogP contribution in [-0.4, -0.2) is 137 Å². The fourth-order valence-corrected chi connectivity index (χ4v) is 10.1. The van der Waals surface area contributed by atoms with E-state index < -0.39 is 118 Å². The first-order chi connectivity index (χ1) is 38.2. The topological polar surface area (TPSA) is 257 Å². The smallest absolute Gasteiger partial charge is 0.289 e. The highest BCUT2D eigenvalue weighted by Gasteiger charge is 2.43. The molecule has 0 bridgehead atoms. The first-order valence-corrected chi connectivity index (χ1v) is 30.4. The van der Waals surface area contributed by atoms with Gasteiger partial charge in [0, 0.05) is 38.8 Å². The first-order valence-electron chi connectivity index (χ1n) is 30.4. The van der Waals surface area contributed by atoms with E-state index in [2.05, 4.69) is 38.8 Å². The molecule has 1 saturated heterocycles. The zero-order valence-electron chi connectivity index (χ0n) is 53.2. The monoisotopic (exact) mass is 1150 g/mol. The molecule has 1 fully saturated rings. The van der Waals surface area contributed by atoms with Crippen molar-refractivity contribution in [1.82, 2.24) is 36.8 Å². The summed E-state index contributed by atoms with van der Waals surface area (Å²) in [6.45, 7) is 29.0. The molecular formula is C63H107N7O12. The van der Waals surface area contributed by atoms with E-state index in [9.17, 15) is 43.2 Å². The molecule has 19 heteroatoms. The Labute approximate surface area is 491 Å². The lowest BCUT2D eigenvalue weighted by atomic mass is 9.90. The van der Waals surface area contributed by atoms with Gasteiger partial charge >= 0.3 is 0 Å². The number of likely N-dealkylation sites (tertiary alicyclic amines) is 1. The number of amides is 7. The second kappa shape index (κ2) is 35.0. The van der Waals surface area contributed by atoms with Crippen molar-refractivity contribution in [2.24, 2.45) is 11.8 Å². The minimum absolute atomic E-state index is 0.00789. The van der Waals surface area contributed by atoms with Gasteiger partial charge in [0.2, 0.25) is 41.2 Å². The molecule has 3 unspecified atom stereocenters. The van der Waals surface area contributed by atoms with Crippen LogP contribution in [0.15, 0.2) is 24.3 Å². The SMILES string of the molecule is CCCCCCCCCCCCCC(=O)C[C@@H](CC(C)C)C(=O)N[C@H](C(=O)N1CCC[C@@H]1C(=O)N[C@H](C(=O)N[C@@H](C)C(=O)N[C@@H](Cc1ccc(OC(C)(C)C)cc1)C(=O)NC(C)C(=O)C(=O)NC)C(C)OC(C)(C)C)C(C)OC(C)(C)C. The number of ketones is 2. The van der Waals surface area contributed by atoms with Crippen LogP contribution < -0.4 is 36.6 Å². The lowest BCUT2D eigenvalue weighted by Crippen LogP contribution is -2.62. The second-order valence-corrected chi connectivity index (χ2v) is 25.9. The number of hydrogen-bond donors (Lipinski definition) is 6. The predicted octanol–water partition coefficient (Wildman–Crippen LogP) is 7.91. The van der Waals surface area contributed by atoms with Gasteiger partial charge in [0.1, 0.15) is 47.3 Å². The summed E-state index contributed by atoms with van der Waals surface area (Å²) >= 11 is 0. The van der Waals surface area contributed by atoms with Crippen LogP contribution in [-0.2, 0) is 59.0 Å². The number of unbranched alkanes of at least 4 members (excludes halogenated alkanes) is 10. The maximum absolute atomic E-state index is 14.9. The molecule has 0 radical (unpaired) electrons. The van der Waals surface area contributed by atoms with Crippen LogP contribution in [0.2, 0.25) is 0 Å². The van der Waals surface area contributed by atoms with Crippen molar-refractivity contribution in [2.45, 2.75) is 285 Å². The summed E-state index contributed by atoms with van der Waals surface area (Å²) in [6, 6.07) is -0.629. The van der Waals surface area contributed by atoms with Gasteiger partial charge in [0.05, 0.1) is 29.5 Å². The number of rotatable bonds is 36. The Bertz CT molecular complexity index is 2220. The van der Waals surface area contributed by atoms with Gasteiger partial charge in [-0.15, -0.1) is 0 Å². The Morgan fingerprint density at radius 3 is 1.63 bits per heavy atom. The minimum Gasteiger partial charge on any atom is -0.488 e. The van der Waals surface area contributed by atoms with E-state index in [0.29, 0.717) is 30.6 Å². The minimum atomic E-state index is -1.40. The summed E-state index contributed by atoms with van der Waals surface area (Å²) < 4.78 is 18.5. The fourth-order valence-electron chi connectivity index (χ4n) is 10.1. The number of likely N-dealkylation sites (N-methyl/N-ethyl adjacent to an activating group) is 1. The number of ether oxygens (including phenoxy) is 3. The number of benzene rings is 1. The van der Waals surface area contributed by atoms with Crippen molar-refractivity contribution in [2.75, 3.05) is 13.6 Å². The summed E-state index contributed by atoms with van der Waals surface area (Å²) in [5.74, 6) is -5.83. The summed E-state index contributed by atoms with van der Waals surface area (Å²) in [6.07, 6.45) is 12.5. The molecule has 9 atom stereocenters. The molecule has 1 heterocycles. The third-order valence-electron chi connectivity index (χ3n) is 14.0. The average molecular weight is 1150 g/mol. The van der Waals surface area contributed by atoms with E-state index in [1.165, 1.54) is 70.7 Å². The zero-order valence-corrected chi connectivity index (χ0v) is 53.2. The van der Waals surface area contributed by atoms with Crippen molar-refractivity contribution < 1.29 is 57.4 Å². The fraction of sp³-hybridized carbons (Fsp3) is 0.762. The summed E-state index contributed by atoms with van der Waals surface area (Å²) in [5, 5.41) is 15.9. The zero-order chi connectivity index (χ0) is 62.1.